The predicted octanol–water partition coefficient (Wildman–Crippen LogP) is 9.23. The van der Waals surface area contributed by atoms with Gasteiger partial charge < -0.3 is 0 Å². The largest absolute Gasteiger partial charge is 0.207 e. The Labute approximate surface area is 184 Å². The number of hydrogen-bond donors (Lipinski definition) is 0. The molecule has 0 aliphatic heterocycles. The molecule has 0 heterocycles. The van der Waals surface area contributed by atoms with Crippen LogP contribution in [0.15, 0.2) is 42.2 Å². The van der Waals surface area contributed by atoms with Gasteiger partial charge in [-0.25, -0.2) is 4.39 Å². The monoisotopic (exact) mass is 408 g/mol. The van der Waals surface area contributed by atoms with Gasteiger partial charge in [-0.2, -0.15) is 0 Å². The molecule has 0 nitrogen and oxygen atoms in total. The Hall–Kier alpha value is -1.37. The molecule has 3 aliphatic rings. The molecule has 164 valence electrons. The molecule has 1 atom stereocenters. The lowest BCUT2D eigenvalue weighted by atomic mass is 9.72. The molecule has 2 fully saturated rings. The molecular weight excluding hydrogens is 367 g/mol. The second-order valence-electron chi connectivity index (χ2n) is 10.3. The zero-order chi connectivity index (χ0) is 20.9. The van der Waals surface area contributed by atoms with Crippen LogP contribution in [0.4, 0.5) is 4.39 Å². The van der Waals surface area contributed by atoms with Crippen molar-refractivity contribution in [3.8, 4) is 0 Å². The van der Waals surface area contributed by atoms with Gasteiger partial charge in [-0.05, 0) is 91.7 Å². The maximum absolute atomic E-state index is 15.1. The molecule has 1 aromatic rings. The minimum absolute atomic E-state index is 0.0122. The van der Waals surface area contributed by atoms with Crippen molar-refractivity contribution < 1.29 is 4.39 Å². The molecule has 1 aromatic carbocycles. The van der Waals surface area contributed by atoms with Crippen molar-refractivity contribution in [2.45, 2.75) is 96.8 Å². The molecule has 0 N–H and O–H groups in total. The van der Waals surface area contributed by atoms with Gasteiger partial charge in [0.15, 0.2) is 0 Å². The zero-order valence-corrected chi connectivity index (χ0v) is 19.2. The second kappa shape index (κ2) is 10.3. The van der Waals surface area contributed by atoms with E-state index in [1.165, 1.54) is 76.2 Å². The first-order chi connectivity index (χ1) is 14.7. The minimum Gasteiger partial charge on any atom is -0.207 e. The van der Waals surface area contributed by atoms with Crippen molar-refractivity contribution in [1.29, 1.82) is 0 Å². The molecule has 3 aliphatic carbocycles. The highest BCUT2D eigenvalue weighted by atomic mass is 19.1. The Morgan fingerprint density at radius 3 is 2.10 bits per heavy atom. The summed E-state index contributed by atoms with van der Waals surface area (Å²) in [6.45, 7) is 4.61. The van der Waals surface area contributed by atoms with Crippen molar-refractivity contribution in [3.05, 3.63) is 53.4 Å². The molecule has 0 bridgehead atoms. The first-order valence-corrected chi connectivity index (χ1v) is 12.9. The van der Waals surface area contributed by atoms with E-state index in [2.05, 4.69) is 44.2 Å². The lowest BCUT2D eigenvalue weighted by Crippen LogP contribution is -2.21. The topological polar surface area (TPSA) is 0 Å². The second-order valence-corrected chi connectivity index (χ2v) is 10.3. The van der Waals surface area contributed by atoms with Crippen molar-refractivity contribution in [1.82, 2.24) is 0 Å². The standard InChI is InChI=1S/C29H41F/c1-3-5-22-8-12-25(13-9-22)27-18-19-28(29(30)20-27)26-16-14-24(15-17-26)23-10-6-21(4-2)7-11-23/h14-17,19-23,25,27H,3-13,18H2,1-2H3/t21?,22?,23?,25?,27-/m1/s1. The number of allylic oxidation sites excluding steroid dienone is 4. The van der Waals surface area contributed by atoms with Gasteiger partial charge >= 0.3 is 0 Å². The third kappa shape index (κ3) is 5.09. The fraction of sp³-hybridized carbons (Fsp3) is 0.655. The van der Waals surface area contributed by atoms with Crippen LogP contribution in [0.25, 0.3) is 5.57 Å². The lowest BCUT2D eigenvalue weighted by molar-refractivity contribution is 0.219. The van der Waals surface area contributed by atoms with Crippen LogP contribution < -0.4 is 0 Å². The summed E-state index contributed by atoms with van der Waals surface area (Å²) in [4.78, 5) is 0. The van der Waals surface area contributed by atoms with Gasteiger partial charge in [0.2, 0.25) is 0 Å². The van der Waals surface area contributed by atoms with Gasteiger partial charge in [-0.3, -0.25) is 0 Å². The van der Waals surface area contributed by atoms with Crippen molar-refractivity contribution in [2.24, 2.45) is 23.7 Å². The average Bonchev–Trinajstić information content (AvgIpc) is 2.80. The first-order valence-electron chi connectivity index (χ1n) is 12.9. The number of rotatable bonds is 6. The SMILES string of the molecule is CCCC1CCC([C@H]2C=C(F)C(c3ccc(C4CCC(CC)CC4)cc3)=CC2)CC1. The predicted molar refractivity (Wildman–Crippen MR) is 127 cm³/mol. The van der Waals surface area contributed by atoms with Crippen LogP contribution in [-0.2, 0) is 0 Å². The zero-order valence-electron chi connectivity index (χ0n) is 19.2. The summed E-state index contributed by atoms with van der Waals surface area (Å²) >= 11 is 0. The Kier molecular flexibility index (Phi) is 7.50. The number of halogens is 1. The molecule has 1 heteroatoms. The molecule has 2 saturated carbocycles. The van der Waals surface area contributed by atoms with Crippen LogP contribution in [0.5, 0.6) is 0 Å². The molecule has 0 saturated heterocycles. The Morgan fingerprint density at radius 1 is 0.833 bits per heavy atom. The summed E-state index contributed by atoms with van der Waals surface area (Å²) in [5.74, 6) is 3.66. The van der Waals surface area contributed by atoms with E-state index in [9.17, 15) is 0 Å². The minimum atomic E-state index is 0.0122. The Bertz CT molecular complexity index is 724. The maximum Gasteiger partial charge on any atom is 0.127 e. The highest BCUT2D eigenvalue weighted by molar-refractivity contribution is 5.78. The van der Waals surface area contributed by atoms with Crippen LogP contribution in [-0.4, -0.2) is 0 Å². The van der Waals surface area contributed by atoms with E-state index in [1.54, 1.807) is 0 Å². The van der Waals surface area contributed by atoms with Crippen LogP contribution in [0.2, 0.25) is 0 Å². The van der Waals surface area contributed by atoms with Gasteiger partial charge in [-0.15, -0.1) is 0 Å². The van der Waals surface area contributed by atoms with Crippen molar-refractivity contribution in [2.75, 3.05) is 0 Å². The Balaban J connectivity index is 1.35. The smallest absolute Gasteiger partial charge is 0.127 e. The molecular formula is C29H41F. The molecule has 0 spiro atoms. The van der Waals surface area contributed by atoms with E-state index in [0.717, 1.165) is 29.4 Å². The van der Waals surface area contributed by atoms with Gasteiger partial charge in [-0.1, -0.05) is 76.3 Å². The van der Waals surface area contributed by atoms with Gasteiger partial charge in [0, 0.05) is 5.57 Å². The van der Waals surface area contributed by atoms with E-state index >= 15 is 4.39 Å². The third-order valence-corrected chi connectivity index (χ3v) is 8.52. The summed E-state index contributed by atoms with van der Waals surface area (Å²) in [7, 11) is 0. The van der Waals surface area contributed by atoms with Crippen LogP contribution >= 0.6 is 0 Å². The summed E-state index contributed by atoms with van der Waals surface area (Å²) in [6.07, 6.45) is 19.8. The molecule has 0 aromatic heterocycles. The van der Waals surface area contributed by atoms with E-state index in [-0.39, 0.29) is 5.83 Å². The lowest BCUT2D eigenvalue weighted by Gasteiger charge is -2.33. The Morgan fingerprint density at radius 2 is 1.50 bits per heavy atom. The summed E-state index contributed by atoms with van der Waals surface area (Å²) in [5, 5.41) is 0. The molecule has 4 rings (SSSR count). The summed E-state index contributed by atoms with van der Waals surface area (Å²) < 4.78 is 15.1. The van der Waals surface area contributed by atoms with Crippen molar-refractivity contribution in [3.63, 3.8) is 0 Å². The van der Waals surface area contributed by atoms with Crippen LogP contribution in [0.1, 0.15) is 108 Å². The average molecular weight is 409 g/mol. The number of hydrogen-bond acceptors (Lipinski definition) is 0. The van der Waals surface area contributed by atoms with E-state index in [0.29, 0.717) is 17.8 Å². The van der Waals surface area contributed by atoms with Crippen LogP contribution in [0, 0.1) is 23.7 Å². The normalized spacial score (nSPS) is 32.4. The first kappa shape index (κ1) is 21.8. The quantitative estimate of drug-likeness (QED) is 0.440. The third-order valence-electron chi connectivity index (χ3n) is 8.52. The fourth-order valence-corrected chi connectivity index (χ4v) is 6.43. The molecule has 0 radical (unpaired) electrons. The summed E-state index contributed by atoms with van der Waals surface area (Å²) in [6, 6.07) is 8.86. The highest BCUT2D eigenvalue weighted by Crippen LogP contribution is 2.42. The van der Waals surface area contributed by atoms with Gasteiger partial charge in [0.1, 0.15) is 5.83 Å². The highest BCUT2D eigenvalue weighted by Gasteiger charge is 2.28. The van der Waals surface area contributed by atoms with Gasteiger partial charge in [0.05, 0.1) is 0 Å². The molecule has 30 heavy (non-hydrogen) atoms. The molecule has 0 amide bonds. The van der Waals surface area contributed by atoms with Crippen LogP contribution in [0.3, 0.4) is 0 Å². The fourth-order valence-electron chi connectivity index (χ4n) is 6.43. The molecule has 0 unspecified atom stereocenters. The van der Waals surface area contributed by atoms with E-state index in [1.807, 2.05) is 6.08 Å². The summed E-state index contributed by atoms with van der Waals surface area (Å²) in [5.41, 5.74) is 3.34. The van der Waals surface area contributed by atoms with E-state index < -0.39 is 0 Å². The van der Waals surface area contributed by atoms with Gasteiger partial charge in [0.25, 0.3) is 0 Å². The van der Waals surface area contributed by atoms with E-state index in [4.69, 9.17) is 0 Å². The van der Waals surface area contributed by atoms with Crippen molar-refractivity contribution >= 4 is 5.57 Å². The number of benzene rings is 1. The maximum atomic E-state index is 15.1.